The molecule has 0 heterocycles. The second-order valence-corrected chi connectivity index (χ2v) is 2.87. The summed E-state index contributed by atoms with van der Waals surface area (Å²) in [5.41, 5.74) is 0.856. The molecule has 82 valence electrons. The Bertz CT molecular complexity index is 415. The molecular weight excluding hydrogens is 206 g/mol. The molecule has 1 aromatic rings. The Morgan fingerprint density at radius 3 is 2.69 bits per heavy atom. The minimum Gasteiger partial charge on any atom is -0.479 e. The Kier molecular flexibility index (Phi) is 4.61. The van der Waals surface area contributed by atoms with Crippen LogP contribution in [-0.4, -0.2) is 19.7 Å². The normalized spacial score (nSPS) is 9.75. The van der Waals surface area contributed by atoms with Gasteiger partial charge in [0, 0.05) is 6.08 Å². The van der Waals surface area contributed by atoms with Crippen molar-refractivity contribution in [3.63, 3.8) is 0 Å². The van der Waals surface area contributed by atoms with E-state index in [1.165, 1.54) is 13.2 Å². The van der Waals surface area contributed by atoms with Crippen LogP contribution < -0.4 is 4.74 Å². The van der Waals surface area contributed by atoms with Gasteiger partial charge < -0.3 is 9.47 Å². The van der Waals surface area contributed by atoms with Crippen molar-refractivity contribution in [2.75, 3.05) is 13.7 Å². The molecule has 0 radical (unpaired) electrons. The number of benzene rings is 1. The highest BCUT2D eigenvalue weighted by Crippen LogP contribution is 2.12. The molecule has 0 aliphatic carbocycles. The van der Waals surface area contributed by atoms with E-state index >= 15 is 0 Å². The third-order valence-corrected chi connectivity index (χ3v) is 1.80. The van der Waals surface area contributed by atoms with Crippen molar-refractivity contribution in [1.82, 2.24) is 0 Å². The third-order valence-electron chi connectivity index (χ3n) is 1.80. The second-order valence-electron chi connectivity index (χ2n) is 2.87. The van der Waals surface area contributed by atoms with Gasteiger partial charge in [0.2, 0.25) is 0 Å². The fraction of sp³-hybridized carbons (Fsp3) is 0.167. The third kappa shape index (κ3) is 3.84. The quantitative estimate of drug-likeness (QED) is 0.569. The second kappa shape index (κ2) is 6.25. The average molecular weight is 217 g/mol. The molecule has 0 aliphatic rings. The van der Waals surface area contributed by atoms with Crippen LogP contribution in [0.2, 0.25) is 0 Å². The van der Waals surface area contributed by atoms with E-state index in [1.807, 2.05) is 6.07 Å². The molecule has 0 aromatic heterocycles. The van der Waals surface area contributed by atoms with Crippen molar-refractivity contribution < 1.29 is 14.3 Å². The van der Waals surface area contributed by atoms with E-state index in [-0.39, 0.29) is 6.61 Å². The Hall–Kier alpha value is -2.28. The number of esters is 1. The largest absolute Gasteiger partial charge is 0.479 e. The number of rotatable bonds is 4. The van der Waals surface area contributed by atoms with Gasteiger partial charge in [0.1, 0.15) is 11.8 Å². The molecular formula is C12H11NO3. The molecule has 4 nitrogen and oxygen atoms in total. The van der Waals surface area contributed by atoms with Crippen LogP contribution in [0.15, 0.2) is 30.3 Å². The minimum atomic E-state index is -0.398. The molecule has 0 unspecified atom stereocenters. The molecule has 0 bridgehead atoms. The van der Waals surface area contributed by atoms with Gasteiger partial charge in [0.15, 0.2) is 6.61 Å². The number of carbonyl (C=O) groups is 1. The Labute approximate surface area is 93.7 Å². The van der Waals surface area contributed by atoms with Gasteiger partial charge in [0.05, 0.1) is 7.11 Å². The van der Waals surface area contributed by atoms with E-state index < -0.39 is 5.97 Å². The van der Waals surface area contributed by atoms with E-state index in [0.717, 1.165) is 5.56 Å². The number of methoxy groups -OCH3 is 1. The molecule has 1 aromatic carbocycles. The number of hydrogen-bond acceptors (Lipinski definition) is 4. The average Bonchev–Trinajstić information content (AvgIpc) is 2.34. The highest BCUT2D eigenvalue weighted by atomic mass is 16.5. The lowest BCUT2D eigenvalue weighted by Gasteiger charge is -2.00. The number of nitriles is 1. The molecule has 0 atom stereocenters. The highest BCUT2D eigenvalue weighted by molar-refractivity contribution is 5.86. The lowest BCUT2D eigenvalue weighted by Crippen LogP contribution is -1.94. The summed E-state index contributed by atoms with van der Waals surface area (Å²) in [6, 6.07) is 8.91. The molecule has 0 fully saturated rings. The highest BCUT2D eigenvalue weighted by Gasteiger charge is 1.94. The zero-order valence-corrected chi connectivity index (χ0v) is 8.84. The zero-order valence-electron chi connectivity index (χ0n) is 8.84. The van der Waals surface area contributed by atoms with Gasteiger partial charge in [-0.1, -0.05) is 12.1 Å². The van der Waals surface area contributed by atoms with Crippen LogP contribution in [0.25, 0.3) is 6.08 Å². The molecule has 0 spiro atoms. The molecule has 0 aliphatic heterocycles. The van der Waals surface area contributed by atoms with Gasteiger partial charge in [0.25, 0.3) is 0 Å². The molecule has 0 saturated carbocycles. The van der Waals surface area contributed by atoms with Crippen LogP contribution in [0.4, 0.5) is 0 Å². The number of ether oxygens (including phenoxy) is 2. The standard InChI is InChI=1S/C12H11NO3/c1-15-12(14)7-4-10-2-5-11(6-3-10)16-9-8-13/h2-7H,9H2,1H3/b7-4+. The number of hydrogen-bond donors (Lipinski definition) is 0. The maximum Gasteiger partial charge on any atom is 0.330 e. The van der Waals surface area contributed by atoms with Crippen molar-refractivity contribution in [1.29, 1.82) is 5.26 Å². The monoisotopic (exact) mass is 217 g/mol. The van der Waals surface area contributed by atoms with Gasteiger partial charge in [-0.2, -0.15) is 5.26 Å². The van der Waals surface area contributed by atoms with E-state index in [1.54, 1.807) is 30.3 Å². The molecule has 0 amide bonds. The summed E-state index contributed by atoms with van der Waals surface area (Å²) in [6.07, 6.45) is 2.98. The first-order valence-electron chi connectivity index (χ1n) is 4.62. The minimum absolute atomic E-state index is 0.0251. The lowest BCUT2D eigenvalue weighted by atomic mass is 10.2. The maximum atomic E-state index is 10.8. The molecule has 0 N–H and O–H groups in total. The predicted molar refractivity (Wildman–Crippen MR) is 58.6 cm³/mol. The Balaban J connectivity index is 2.61. The van der Waals surface area contributed by atoms with Gasteiger partial charge in [-0.3, -0.25) is 0 Å². The SMILES string of the molecule is COC(=O)/C=C/c1ccc(OCC#N)cc1. The van der Waals surface area contributed by atoms with Crippen LogP contribution in [0.3, 0.4) is 0 Å². The number of nitrogens with zero attached hydrogens (tertiary/aromatic N) is 1. The number of carbonyl (C=O) groups excluding carboxylic acids is 1. The topological polar surface area (TPSA) is 59.3 Å². The van der Waals surface area contributed by atoms with E-state index in [2.05, 4.69) is 4.74 Å². The van der Waals surface area contributed by atoms with Crippen molar-refractivity contribution in [3.8, 4) is 11.8 Å². The van der Waals surface area contributed by atoms with E-state index in [4.69, 9.17) is 10.00 Å². The van der Waals surface area contributed by atoms with Crippen molar-refractivity contribution in [2.45, 2.75) is 0 Å². The lowest BCUT2D eigenvalue weighted by molar-refractivity contribution is -0.134. The molecule has 4 heteroatoms. The summed E-state index contributed by atoms with van der Waals surface area (Å²) in [5.74, 6) is 0.224. The fourth-order valence-corrected chi connectivity index (χ4v) is 1.02. The zero-order chi connectivity index (χ0) is 11.8. The summed E-state index contributed by atoms with van der Waals surface area (Å²) < 4.78 is 9.54. The van der Waals surface area contributed by atoms with Crippen molar-refractivity contribution in [3.05, 3.63) is 35.9 Å². The smallest absolute Gasteiger partial charge is 0.330 e. The first-order valence-corrected chi connectivity index (χ1v) is 4.62. The van der Waals surface area contributed by atoms with Crippen LogP contribution in [-0.2, 0) is 9.53 Å². The van der Waals surface area contributed by atoms with E-state index in [0.29, 0.717) is 5.75 Å². The summed E-state index contributed by atoms with van der Waals surface area (Å²) in [5, 5.41) is 8.32. The van der Waals surface area contributed by atoms with Gasteiger partial charge >= 0.3 is 5.97 Å². The van der Waals surface area contributed by atoms with E-state index in [9.17, 15) is 4.79 Å². The Morgan fingerprint density at radius 1 is 1.44 bits per heavy atom. The first-order chi connectivity index (χ1) is 7.76. The Morgan fingerprint density at radius 2 is 2.12 bits per heavy atom. The van der Waals surface area contributed by atoms with Crippen molar-refractivity contribution >= 4 is 12.0 Å². The van der Waals surface area contributed by atoms with Gasteiger partial charge in [-0.25, -0.2) is 4.79 Å². The predicted octanol–water partition coefficient (Wildman–Crippen LogP) is 1.78. The summed E-state index contributed by atoms with van der Waals surface area (Å²) in [6.45, 7) is 0.0251. The van der Waals surface area contributed by atoms with Crippen LogP contribution in [0.5, 0.6) is 5.75 Å². The summed E-state index contributed by atoms with van der Waals surface area (Å²) in [7, 11) is 1.32. The molecule has 0 saturated heterocycles. The molecule has 1 rings (SSSR count). The van der Waals surface area contributed by atoms with Crippen LogP contribution in [0, 0.1) is 11.3 Å². The molecule has 16 heavy (non-hydrogen) atoms. The summed E-state index contributed by atoms with van der Waals surface area (Å²) in [4.78, 5) is 10.8. The van der Waals surface area contributed by atoms with Gasteiger partial charge in [-0.15, -0.1) is 0 Å². The van der Waals surface area contributed by atoms with Gasteiger partial charge in [-0.05, 0) is 23.8 Å². The first kappa shape index (κ1) is 11.8. The fourth-order valence-electron chi connectivity index (χ4n) is 1.02. The maximum absolute atomic E-state index is 10.8. The summed E-state index contributed by atoms with van der Waals surface area (Å²) >= 11 is 0. The van der Waals surface area contributed by atoms with Crippen LogP contribution in [0.1, 0.15) is 5.56 Å². The van der Waals surface area contributed by atoms with Crippen molar-refractivity contribution in [2.24, 2.45) is 0 Å². The van der Waals surface area contributed by atoms with Crippen LogP contribution >= 0.6 is 0 Å².